The molecule has 1 rings (SSSR count). The monoisotopic (exact) mass is 195 g/mol. The third kappa shape index (κ3) is 2.64. The number of hydrogen-bond donors (Lipinski definition) is 2. The van der Waals surface area contributed by atoms with Gasteiger partial charge in [-0.1, -0.05) is 6.07 Å². The summed E-state index contributed by atoms with van der Waals surface area (Å²) in [5.41, 5.74) is 2.09. The first-order valence-electron chi connectivity index (χ1n) is 4.69. The standard InChI is InChI=1S/C11H17NO2/c1-8-4-5-11(14-3)10(6-8)12-9(2)7-13/h4-6,9,12-13H,7H2,1-3H3. The Balaban J connectivity index is 2.87. The summed E-state index contributed by atoms with van der Waals surface area (Å²) < 4.78 is 5.20. The molecule has 0 aliphatic rings. The number of hydrogen-bond acceptors (Lipinski definition) is 3. The van der Waals surface area contributed by atoms with Crippen LogP contribution in [0.3, 0.4) is 0 Å². The van der Waals surface area contributed by atoms with Gasteiger partial charge in [0.05, 0.1) is 19.4 Å². The summed E-state index contributed by atoms with van der Waals surface area (Å²) in [5.74, 6) is 0.802. The molecular formula is C11H17NO2. The average Bonchev–Trinajstić information content (AvgIpc) is 2.18. The number of anilines is 1. The van der Waals surface area contributed by atoms with Crippen LogP contribution in [0.4, 0.5) is 5.69 Å². The van der Waals surface area contributed by atoms with Crippen molar-refractivity contribution in [3.8, 4) is 5.75 Å². The van der Waals surface area contributed by atoms with Gasteiger partial charge in [0.25, 0.3) is 0 Å². The number of aliphatic hydroxyl groups excluding tert-OH is 1. The summed E-state index contributed by atoms with van der Waals surface area (Å²) in [7, 11) is 1.64. The fourth-order valence-corrected chi connectivity index (χ4v) is 1.25. The molecule has 0 amide bonds. The molecule has 0 heterocycles. The minimum Gasteiger partial charge on any atom is -0.495 e. The summed E-state index contributed by atoms with van der Waals surface area (Å²) in [6.45, 7) is 4.05. The van der Waals surface area contributed by atoms with Crippen LogP contribution in [0.25, 0.3) is 0 Å². The van der Waals surface area contributed by atoms with Crippen molar-refractivity contribution in [2.24, 2.45) is 0 Å². The second-order valence-electron chi connectivity index (χ2n) is 3.43. The molecule has 1 unspecified atom stereocenters. The Hall–Kier alpha value is -1.22. The summed E-state index contributed by atoms with van der Waals surface area (Å²) in [5, 5.41) is 12.1. The third-order valence-corrected chi connectivity index (χ3v) is 2.03. The fourth-order valence-electron chi connectivity index (χ4n) is 1.25. The van der Waals surface area contributed by atoms with Crippen molar-refractivity contribution in [2.45, 2.75) is 19.9 Å². The van der Waals surface area contributed by atoms with Crippen LogP contribution in [0.2, 0.25) is 0 Å². The zero-order valence-corrected chi connectivity index (χ0v) is 8.87. The number of rotatable bonds is 4. The highest BCUT2D eigenvalue weighted by Gasteiger charge is 2.05. The van der Waals surface area contributed by atoms with E-state index in [1.165, 1.54) is 5.56 Å². The van der Waals surface area contributed by atoms with E-state index >= 15 is 0 Å². The average molecular weight is 195 g/mol. The molecule has 14 heavy (non-hydrogen) atoms. The van der Waals surface area contributed by atoms with Crippen LogP contribution in [-0.4, -0.2) is 24.9 Å². The van der Waals surface area contributed by atoms with Gasteiger partial charge in [-0.05, 0) is 31.5 Å². The maximum Gasteiger partial charge on any atom is 0.141 e. The fraction of sp³-hybridized carbons (Fsp3) is 0.455. The molecule has 78 valence electrons. The second kappa shape index (κ2) is 4.86. The summed E-state index contributed by atoms with van der Waals surface area (Å²) >= 11 is 0. The van der Waals surface area contributed by atoms with Crippen molar-refractivity contribution in [1.82, 2.24) is 0 Å². The number of ether oxygens (including phenoxy) is 1. The Labute approximate surface area is 84.7 Å². The van der Waals surface area contributed by atoms with Gasteiger partial charge in [0, 0.05) is 6.04 Å². The molecule has 0 saturated carbocycles. The molecule has 0 saturated heterocycles. The molecule has 0 aliphatic carbocycles. The van der Waals surface area contributed by atoms with E-state index in [9.17, 15) is 0 Å². The van der Waals surface area contributed by atoms with Crippen LogP contribution in [0, 0.1) is 6.92 Å². The first kappa shape index (κ1) is 10.9. The van der Waals surface area contributed by atoms with Gasteiger partial charge in [-0.25, -0.2) is 0 Å². The number of methoxy groups -OCH3 is 1. The van der Waals surface area contributed by atoms with Crippen molar-refractivity contribution < 1.29 is 9.84 Å². The van der Waals surface area contributed by atoms with E-state index < -0.39 is 0 Å². The first-order chi connectivity index (χ1) is 6.67. The first-order valence-corrected chi connectivity index (χ1v) is 4.69. The molecule has 2 N–H and O–H groups in total. The van der Waals surface area contributed by atoms with E-state index in [-0.39, 0.29) is 12.6 Å². The lowest BCUT2D eigenvalue weighted by Gasteiger charge is -2.15. The maximum atomic E-state index is 8.93. The zero-order chi connectivity index (χ0) is 10.6. The Morgan fingerprint density at radius 2 is 2.21 bits per heavy atom. The van der Waals surface area contributed by atoms with Crippen LogP contribution >= 0.6 is 0 Å². The van der Waals surface area contributed by atoms with Gasteiger partial charge in [-0.2, -0.15) is 0 Å². The van der Waals surface area contributed by atoms with Gasteiger partial charge in [-0.15, -0.1) is 0 Å². The number of nitrogens with one attached hydrogen (secondary N) is 1. The summed E-state index contributed by atoms with van der Waals surface area (Å²) in [6.07, 6.45) is 0. The molecule has 1 aromatic rings. The van der Waals surface area contributed by atoms with Gasteiger partial charge >= 0.3 is 0 Å². The van der Waals surface area contributed by atoms with Crippen LogP contribution < -0.4 is 10.1 Å². The van der Waals surface area contributed by atoms with E-state index in [2.05, 4.69) is 5.32 Å². The molecular weight excluding hydrogens is 178 g/mol. The Morgan fingerprint density at radius 3 is 2.79 bits per heavy atom. The minimum atomic E-state index is 0.0331. The molecule has 3 nitrogen and oxygen atoms in total. The second-order valence-corrected chi connectivity index (χ2v) is 3.43. The molecule has 0 fully saturated rings. The van der Waals surface area contributed by atoms with E-state index in [0.717, 1.165) is 11.4 Å². The zero-order valence-electron chi connectivity index (χ0n) is 8.87. The van der Waals surface area contributed by atoms with Crippen molar-refractivity contribution in [1.29, 1.82) is 0 Å². The summed E-state index contributed by atoms with van der Waals surface area (Å²) in [4.78, 5) is 0. The van der Waals surface area contributed by atoms with Crippen LogP contribution in [0.5, 0.6) is 5.75 Å². The van der Waals surface area contributed by atoms with Gasteiger partial charge in [0.1, 0.15) is 5.75 Å². The quantitative estimate of drug-likeness (QED) is 0.769. The highest BCUT2D eigenvalue weighted by Crippen LogP contribution is 2.25. The maximum absolute atomic E-state index is 8.93. The minimum absolute atomic E-state index is 0.0331. The lowest BCUT2D eigenvalue weighted by molar-refractivity contribution is 0.281. The molecule has 0 aliphatic heterocycles. The lowest BCUT2D eigenvalue weighted by atomic mass is 10.2. The van der Waals surface area contributed by atoms with Crippen molar-refractivity contribution in [3.05, 3.63) is 23.8 Å². The van der Waals surface area contributed by atoms with E-state index in [4.69, 9.17) is 9.84 Å². The molecule has 0 spiro atoms. The third-order valence-electron chi connectivity index (χ3n) is 2.03. The van der Waals surface area contributed by atoms with E-state index in [1.807, 2.05) is 32.0 Å². The largest absolute Gasteiger partial charge is 0.495 e. The molecule has 0 bridgehead atoms. The summed E-state index contributed by atoms with van der Waals surface area (Å²) in [6, 6.07) is 5.95. The number of benzene rings is 1. The highest BCUT2D eigenvalue weighted by molar-refractivity contribution is 5.58. The predicted molar refractivity (Wildman–Crippen MR) is 57.9 cm³/mol. The molecule has 0 radical (unpaired) electrons. The van der Waals surface area contributed by atoms with Gasteiger partial charge < -0.3 is 15.2 Å². The van der Waals surface area contributed by atoms with Gasteiger partial charge in [0.2, 0.25) is 0 Å². The molecule has 0 aromatic heterocycles. The highest BCUT2D eigenvalue weighted by atomic mass is 16.5. The number of aryl methyl sites for hydroxylation is 1. The van der Waals surface area contributed by atoms with Crippen LogP contribution in [-0.2, 0) is 0 Å². The van der Waals surface area contributed by atoms with Gasteiger partial charge in [0.15, 0.2) is 0 Å². The molecule has 1 aromatic carbocycles. The Morgan fingerprint density at radius 1 is 1.50 bits per heavy atom. The number of aliphatic hydroxyl groups is 1. The molecule has 3 heteroatoms. The van der Waals surface area contributed by atoms with Crippen molar-refractivity contribution >= 4 is 5.69 Å². The van der Waals surface area contributed by atoms with Crippen molar-refractivity contribution in [3.63, 3.8) is 0 Å². The normalized spacial score (nSPS) is 12.3. The van der Waals surface area contributed by atoms with Crippen LogP contribution in [0.15, 0.2) is 18.2 Å². The van der Waals surface area contributed by atoms with Gasteiger partial charge in [-0.3, -0.25) is 0 Å². The topological polar surface area (TPSA) is 41.5 Å². The Bertz CT molecular complexity index is 299. The predicted octanol–water partition coefficient (Wildman–Crippen LogP) is 1.80. The van der Waals surface area contributed by atoms with Crippen molar-refractivity contribution in [2.75, 3.05) is 19.0 Å². The SMILES string of the molecule is COc1ccc(C)cc1NC(C)CO. The van der Waals surface area contributed by atoms with E-state index in [1.54, 1.807) is 7.11 Å². The Kier molecular flexibility index (Phi) is 3.77. The molecule has 1 atom stereocenters. The smallest absolute Gasteiger partial charge is 0.141 e. The van der Waals surface area contributed by atoms with E-state index in [0.29, 0.717) is 0 Å². The van der Waals surface area contributed by atoms with Crippen LogP contribution in [0.1, 0.15) is 12.5 Å². The lowest BCUT2D eigenvalue weighted by Crippen LogP contribution is -2.19.